The van der Waals surface area contributed by atoms with E-state index < -0.39 is 0 Å². The van der Waals surface area contributed by atoms with Gasteiger partial charge in [0, 0.05) is 12.7 Å². The van der Waals surface area contributed by atoms with E-state index in [1.54, 1.807) is 12.3 Å². The molecule has 1 N–H and O–H groups in total. The van der Waals surface area contributed by atoms with Gasteiger partial charge in [0.2, 0.25) is 5.95 Å². The van der Waals surface area contributed by atoms with E-state index in [1.807, 2.05) is 0 Å². The van der Waals surface area contributed by atoms with Crippen LogP contribution in [0.15, 0.2) is 12.3 Å². The number of hydrogen-bond donors (Lipinski definition) is 1. The summed E-state index contributed by atoms with van der Waals surface area (Å²) >= 11 is 0. The van der Waals surface area contributed by atoms with Crippen LogP contribution < -0.4 is 5.32 Å². The molecule has 5 nitrogen and oxygen atoms in total. The van der Waals surface area contributed by atoms with E-state index >= 15 is 0 Å². The van der Waals surface area contributed by atoms with Crippen LogP contribution in [-0.4, -0.2) is 29.6 Å². The van der Waals surface area contributed by atoms with Gasteiger partial charge in [-0.1, -0.05) is 34.6 Å². The topological polar surface area (TPSA) is 64.1 Å². The van der Waals surface area contributed by atoms with Crippen molar-refractivity contribution in [1.82, 2.24) is 9.97 Å². The molecule has 112 valence electrons. The molecule has 0 saturated heterocycles. The Labute approximate surface area is 121 Å². The van der Waals surface area contributed by atoms with Gasteiger partial charge in [0.25, 0.3) is 0 Å². The Bertz CT molecular complexity index is 464. The zero-order valence-electron chi connectivity index (χ0n) is 13.3. The van der Waals surface area contributed by atoms with Crippen molar-refractivity contribution in [2.24, 2.45) is 10.8 Å². The summed E-state index contributed by atoms with van der Waals surface area (Å²) in [5, 5.41) is 3.25. The summed E-state index contributed by atoms with van der Waals surface area (Å²) in [7, 11) is 1.37. The Balaban J connectivity index is 2.70. The van der Waals surface area contributed by atoms with Crippen molar-refractivity contribution in [2.45, 2.75) is 41.0 Å². The minimum atomic E-state index is -0.301. The third-order valence-electron chi connectivity index (χ3n) is 3.99. The summed E-state index contributed by atoms with van der Waals surface area (Å²) < 4.78 is 4.63. The van der Waals surface area contributed by atoms with E-state index in [1.165, 1.54) is 7.11 Å². The van der Waals surface area contributed by atoms with Crippen LogP contribution >= 0.6 is 0 Å². The number of aromatic nitrogens is 2. The molecule has 0 bridgehead atoms. The molecule has 1 aromatic rings. The molecule has 20 heavy (non-hydrogen) atoms. The van der Waals surface area contributed by atoms with Crippen LogP contribution in [0.1, 0.15) is 40.3 Å². The number of esters is 1. The fraction of sp³-hybridized carbons (Fsp3) is 0.667. The van der Waals surface area contributed by atoms with E-state index in [-0.39, 0.29) is 23.2 Å². The lowest BCUT2D eigenvalue weighted by atomic mass is 9.69. The molecule has 0 unspecified atom stereocenters. The van der Waals surface area contributed by atoms with Crippen LogP contribution in [0.3, 0.4) is 0 Å². The molecule has 1 rings (SSSR count). The SMILES string of the molecule is COC(=O)Cc1ccnc(NCC(C)(C)C(C)(C)C)n1. The second-order valence-corrected chi connectivity index (χ2v) is 6.61. The van der Waals surface area contributed by atoms with Gasteiger partial charge >= 0.3 is 5.97 Å². The summed E-state index contributed by atoms with van der Waals surface area (Å²) in [6, 6.07) is 1.72. The minimum absolute atomic E-state index is 0.0920. The summed E-state index contributed by atoms with van der Waals surface area (Å²) in [6.07, 6.45) is 1.81. The van der Waals surface area contributed by atoms with Crippen molar-refractivity contribution < 1.29 is 9.53 Å². The molecule has 0 atom stereocenters. The molecule has 0 aliphatic heterocycles. The molecular formula is C15H25N3O2. The van der Waals surface area contributed by atoms with Crippen LogP contribution in [0, 0.1) is 10.8 Å². The van der Waals surface area contributed by atoms with E-state index in [0.29, 0.717) is 11.6 Å². The largest absolute Gasteiger partial charge is 0.469 e. The molecule has 0 aromatic carbocycles. The smallest absolute Gasteiger partial charge is 0.311 e. The van der Waals surface area contributed by atoms with Gasteiger partial charge in [-0.05, 0) is 16.9 Å². The van der Waals surface area contributed by atoms with Gasteiger partial charge in [-0.2, -0.15) is 0 Å². The van der Waals surface area contributed by atoms with Crippen molar-refractivity contribution in [2.75, 3.05) is 19.0 Å². The lowest BCUT2D eigenvalue weighted by Gasteiger charge is -2.38. The number of rotatable bonds is 5. The number of anilines is 1. The third kappa shape index (κ3) is 4.47. The molecule has 0 fully saturated rings. The fourth-order valence-corrected chi connectivity index (χ4v) is 1.36. The first-order chi connectivity index (χ1) is 9.15. The number of nitrogens with zero attached hydrogens (tertiary/aromatic N) is 2. The predicted octanol–water partition coefficient (Wildman–Crippen LogP) is 2.68. The highest BCUT2D eigenvalue weighted by molar-refractivity contribution is 5.71. The predicted molar refractivity (Wildman–Crippen MR) is 79.5 cm³/mol. The summed E-state index contributed by atoms with van der Waals surface area (Å²) in [4.78, 5) is 19.7. The second-order valence-electron chi connectivity index (χ2n) is 6.61. The number of carbonyl (C=O) groups is 1. The van der Waals surface area contributed by atoms with Crippen LogP contribution in [0.4, 0.5) is 5.95 Å². The molecule has 0 spiro atoms. The molecule has 0 saturated carbocycles. The minimum Gasteiger partial charge on any atom is -0.469 e. The molecular weight excluding hydrogens is 254 g/mol. The van der Waals surface area contributed by atoms with Gasteiger partial charge in [0.05, 0.1) is 19.2 Å². The monoisotopic (exact) mass is 279 g/mol. The second kappa shape index (κ2) is 6.20. The van der Waals surface area contributed by atoms with Crippen LogP contribution in [0.25, 0.3) is 0 Å². The van der Waals surface area contributed by atoms with Crippen LogP contribution in [0.2, 0.25) is 0 Å². The molecule has 0 aliphatic carbocycles. The molecule has 1 heterocycles. The van der Waals surface area contributed by atoms with Crippen LogP contribution in [-0.2, 0) is 16.0 Å². The average molecular weight is 279 g/mol. The van der Waals surface area contributed by atoms with E-state index in [4.69, 9.17) is 0 Å². The Hall–Kier alpha value is -1.65. The number of methoxy groups -OCH3 is 1. The Morgan fingerprint density at radius 1 is 1.30 bits per heavy atom. The summed E-state index contributed by atoms with van der Waals surface area (Å²) in [6.45, 7) is 11.8. The standard InChI is InChI=1S/C15H25N3O2/c1-14(2,3)15(4,5)10-17-13-16-8-7-11(18-13)9-12(19)20-6/h7-8H,9-10H2,1-6H3,(H,16,17,18). The number of carbonyl (C=O) groups excluding carboxylic acids is 1. The fourth-order valence-electron chi connectivity index (χ4n) is 1.36. The van der Waals surface area contributed by atoms with Crippen molar-refractivity contribution in [3.63, 3.8) is 0 Å². The Kier molecular flexibility index (Phi) is 5.09. The van der Waals surface area contributed by atoms with Gasteiger partial charge in [-0.15, -0.1) is 0 Å². The van der Waals surface area contributed by atoms with Crippen molar-refractivity contribution in [3.05, 3.63) is 18.0 Å². The maximum absolute atomic E-state index is 11.2. The zero-order chi connectivity index (χ0) is 15.4. The third-order valence-corrected chi connectivity index (χ3v) is 3.99. The van der Waals surface area contributed by atoms with Crippen molar-refractivity contribution in [1.29, 1.82) is 0 Å². The summed E-state index contributed by atoms with van der Waals surface area (Å²) in [5.41, 5.74) is 0.918. The zero-order valence-corrected chi connectivity index (χ0v) is 13.3. The van der Waals surface area contributed by atoms with Gasteiger partial charge in [-0.3, -0.25) is 4.79 Å². The molecule has 0 amide bonds. The maximum atomic E-state index is 11.2. The highest BCUT2D eigenvalue weighted by Crippen LogP contribution is 2.37. The van der Waals surface area contributed by atoms with E-state index in [9.17, 15) is 4.79 Å². The van der Waals surface area contributed by atoms with E-state index in [0.717, 1.165) is 6.54 Å². The Morgan fingerprint density at radius 3 is 2.50 bits per heavy atom. The first-order valence-corrected chi connectivity index (χ1v) is 6.78. The Morgan fingerprint density at radius 2 is 1.95 bits per heavy atom. The number of hydrogen-bond acceptors (Lipinski definition) is 5. The quantitative estimate of drug-likeness (QED) is 0.839. The van der Waals surface area contributed by atoms with Gasteiger partial charge in [0.15, 0.2) is 0 Å². The lowest BCUT2D eigenvalue weighted by Crippen LogP contribution is -2.36. The van der Waals surface area contributed by atoms with Crippen molar-refractivity contribution >= 4 is 11.9 Å². The van der Waals surface area contributed by atoms with Crippen molar-refractivity contribution in [3.8, 4) is 0 Å². The van der Waals surface area contributed by atoms with Gasteiger partial charge in [0.1, 0.15) is 0 Å². The molecule has 0 aliphatic rings. The highest BCUT2D eigenvalue weighted by Gasteiger charge is 2.32. The maximum Gasteiger partial charge on any atom is 0.311 e. The lowest BCUT2D eigenvalue weighted by molar-refractivity contribution is -0.139. The molecule has 0 radical (unpaired) electrons. The normalized spacial score (nSPS) is 12.1. The molecule has 5 heteroatoms. The molecule has 1 aromatic heterocycles. The first kappa shape index (κ1) is 16.4. The summed E-state index contributed by atoms with van der Waals surface area (Å²) in [5.74, 6) is 0.244. The van der Waals surface area contributed by atoms with Gasteiger partial charge < -0.3 is 10.1 Å². The van der Waals surface area contributed by atoms with Crippen LogP contribution in [0.5, 0.6) is 0 Å². The highest BCUT2D eigenvalue weighted by atomic mass is 16.5. The van der Waals surface area contributed by atoms with E-state index in [2.05, 4.69) is 54.6 Å². The number of ether oxygens (including phenoxy) is 1. The first-order valence-electron chi connectivity index (χ1n) is 6.78. The van der Waals surface area contributed by atoms with Gasteiger partial charge in [-0.25, -0.2) is 9.97 Å². The number of nitrogens with one attached hydrogen (secondary N) is 1. The average Bonchev–Trinajstić information content (AvgIpc) is 2.35.